The predicted octanol–water partition coefficient (Wildman–Crippen LogP) is 7.74. The van der Waals surface area contributed by atoms with Gasteiger partial charge in [0.15, 0.2) is 0 Å². The zero-order valence-corrected chi connectivity index (χ0v) is 19.6. The first-order valence-corrected chi connectivity index (χ1v) is 12.6. The second-order valence-electron chi connectivity index (χ2n) is 11.0. The summed E-state index contributed by atoms with van der Waals surface area (Å²) in [5, 5.41) is 0. The van der Waals surface area contributed by atoms with E-state index >= 15 is 0 Å². The van der Waals surface area contributed by atoms with Crippen molar-refractivity contribution in [3.8, 4) is 0 Å². The van der Waals surface area contributed by atoms with Gasteiger partial charge in [0.1, 0.15) is 5.78 Å². The molecule has 0 spiro atoms. The highest BCUT2D eigenvalue weighted by atomic mass is 16.1. The fourth-order valence-electron chi connectivity index (χ4n) is 6.09. The van der Waals surface area contributed by atoms with Crippen LogP contribution in [0.2, 0.25) is 0 Å². The van der Waals surface area contributed by atoms with Crippen molar-refractivity contribution in [2.24, 2.45) is 23.2 Å². The van der Waals surface area contributed by atoms with Crippen LogP contribution >= 0.6 is 0 Å². The number of Topliss-reactive ketones (excluding diaryl/α,β-unsaturated/α-hetero) is 1. The van der Waals surface area contributed by atoms with Gasteiger partial charge >= 0.3 is 0 Å². The molecular formula is C30H40O. The Morgan fingerprint density at radius 2 is 1.48 bits per heavy atom. The summed E-state index contributed by atoms with van der Waals surface area (Å²) in [5.74, 6) is 2.35. The van der Waals surface area contributed by atoms with Crippen LogP contribution in [-0.4, -0.2) is 5.78 Å². The van der Waals surface area contributed by atoms with E-state index in [0.29, 0.717) is 17.6 Å². The van der Waals surface area contributed by atoms with E-state index in [1.54, 1.807) is 0 Å². The third-order valence-electron chi connectivity index (χ3n) is 8.16. The molecule has 1 nitrogen and oxygen atoms in total. The third-order valence-corrected chi connectivity index (χ3v) is 8.16. The minimum Gasteiger partial charge on any atom is -0.299 e. The summed E-state index contributed by atoms with van der Waals surface area (Å²) in [6, 6.07) is 19.9. The summed E-state index contributed by atoms with van der Waals surface area (Å²) in [4.78, 5) is 13.3. The van der Waals surface area contributed by atoms with Crippen LogP contribution in [0.3, 0.4) is 0 Å². The summed E-state index contributed by atoms with van der Waals surface area (Å²) >= 11 is 0. The molecule has 1 unspecified atom stereocenters. The fraction of sp³-hybridized carbons (Fsp3) is 0.567. The van der Waals surface area contributed by atoms with E-state index < -0.39 is 0 Å². The summed E-state index contributed by atoms with van der Waals surface area (Å²) in [5.41, 5.74) is 4.47. The van der Waals surface area contributed by atoms with Crippen molar-refractivity contribution in [2.75, 3.05) is 0 Å². The molecular weight excluding hydrogens is 376 g/mol. The van der Waals surface area contributed by atoms with Crippen molar-refractivity contribution in [1.29, 1.82) is 0 Å². The minimum absolute atomic E-state index is 0.229. The summed E-state index contributed by atoms with van der Waals surface area (Å²) in [6.07, 6.45) is 12.9. The number of aryl methyl sites for hydroxylation is 1. The molecule has 0 amide bonds. The number of hydrogen-bond donors (Lipinski definition) is 0. The Bertz CT molecular complexity index is 826. The zero-order valence-electron chi connectivity index (χ0n) is 19.6. The minimum atomic E-state index is 0.229. The first kappa shape index (κ1) is 22.3. The second-order valence-corrected chi connectivity index (χ2v) is 11.0. The Morgan fingerprint density at radius 1 is 0.839 bits per heavy atom. The van der Waals surface area contributed by atoms with Gasteiger partial charge in [0.05, 0.1) is 0 Å². The summed E-state index contributed by atoms with van der Waals surface area (Å²) < 4.78 is 0. The van der Waals surface area contributed by atoms with Crippen molar-refractivity contribution in [1.82, 2.24) is 0 Å². The molecule has 0 radical (unpaired) electrons. The number of benzene rings is 2. The van der Waals surface area contributed by atoms with E-state index in [9.17, 15) is 4.79 Å². The van der Waals surface area contributed by atoms with Crippen LogP contribution in [-0.2, 0) is 17.6 Å². The number of rotatable bonds is 7. The van der Waals surface area contributed by atoms with Crippen molar-refractivity contribution in [3.63, 3.8) is 0 Å². The Labute approximate surface area is 189 Å². The van der Waals surface area contributed by atoms with Gasteiger partial charge in [0.2, 0.25) is 0 Å². The monoisotopic (exact) mass is 416 g/mol. The molecule has 0 heterocycles. The fourth-order valence-corrected chi connectivity index (χ4v) is 6.09. The van der Waals surface area contributed by atoms with Crippen LogP contribution in [0.15, 0.2) is 54.6 Å². The van der Waals surface area contributed by atoms with Gasteiger partial charge in [-0.1, -0.05) is 79.9 Å². The smallest absolute Gasteiger partial charge is 0.136 e. The summed E-state index contributed by atoms with van der Waals surface area (Å²) in [6.45, 7) is 4.54. The Hall–Kier alpha value is -1.89. The van der Waals surface area contributed by atoms with Gasteiger partial charge in [-0.3, -0.25) is 4.79 Å². The number of carbonyl (C=O) groups excluding carboxylic acids is 1. The molecule has 2 aliphatic rings. The third kappa shape index (κ3) is 6.31. The molecule has 2 atom stereocenters. The van der Waals surface area contributed by atoms with Gasteiger partial charge in [-0.15, -0.1) is 0 Å². The highest BCUT2D eigenvalue weighted by Crippen LogP contribution is 2.44. The van der Waals surface area contributed by atoms with Crippen molar-refractivity contribution in [2.45, 2.75) is 84.5 Å². The van der Waals surface area contributed by atoms with Crippen LogP contribution in [0.1, 0.15) is 81.4 Å². The van der Waals surface area contributed by atoms with Gasteiger partial charge in [-0.25, -0.2) is 0 Å². The van der Waals surface area contributed by atoms with E-state index in [1.807, 2.05) is 0 Å². The van der Waals surface area contributed by atoms with E-state index in [1.165, 1.54) is 61.6 Å². The molecule has 0 N–H and O–H groups in total. The molecule has 0 saturated heterocycles. The molecule has 2 fully saturated rings. The Kier molecular flexibility index (Phi) is 7.31. The standard InChI is InChI=1S/C30H40O/c1-23-11-13-25(14-12-23)19-26-15-17-30(2,18-16-26)22-29(31)28-10-6-9-27(21-28)20-24-7-4-3-5-8-24/h3-5,7-8,11-14,26-28H,6,9-10,15-22H2,1-2H3/t26?,27?,28-,30?/m1/s1. The van der Waals surface area contributed by atoms with Crippen molar-refractivity contribution < 1.29 is 4.79 Å². The Morgan fingerprint density at radius 3 is 2.19 bits per heavy atom. The zero-order chi connectivity index (χ0) is 21.7. The molecule has 1 heteroatoms. The van der Waals surface area contributed by atoms with Gasteiger partial charge < -0.3 is 0 Å². The van der Waals surface area contributed by atoms with Crippen LogP contribution in [0, 0.1) is 30.1 Å². The maximum atomic E-state index is 13.3. The van der Waals surface area contributed by atoms with Crippen LogP contribution in [0.25, 0.3) is 0 Å². The molecule has 2 aromatic carbocycles. The Balaban J connectivity index is 1.25. The van der Waals surface area contributed by atoms with E-state index in [2.05, 4.69) is 68.4 Å². The van der Waals surface area contributed by atoms with Crippen molar-refractivity contribution >= 4 is 5.78 Å². The van der Waals surface area contributed by atoms with Gasteiger partial charge in [-0.05, 0) is 86.7 Å². The van der Waals surface area contributed by atoms with E-state index in [0.717, 1.165) is 31.6 Å². The maximum Gasteiger partial charge on any atom is 0.136 e. The van der Waals surface area contributed by atoms with Gasteiger partial charge in [0.25, 0.3) is 0 Å². The average molecular weight is 417 g/mol. The lowest BCUT2D eigenvalue weighted by atomic mass is 9.66. The maximum absolute atomic E-state index is 13.3. The topological polar surface area (TPSA) is 17.1 Å². The first-order chi connectivity index (χ1) is 15.0. The SMILES string of the molecule is Cc1ccc(CC2CCC(C)(CC(=O)[C@@H]3CCCC(Cc4ccccc4)C3)CC2)cc1. The molecule has 31 heavy (non-hydrogen) atoms. The van der Waals surface area contributed by atoms with E-state index in [4.69, 9.17) is 0 Å². The lowest BCUT2D eigenvalue weighted by Crippen LogP contribution is -2.32. The quantitative estimate of drug-likeness (QED) is 0.451. The van der Waals surface area contributed by atoms with Crippen LogP contribution in [0.5, 0.6) is 0 Å². The molecule has 0 bridgehead atoms. The summed E-state index contributed by atoms with van der Waals surface area (Å²) in [7, 11) is 0. The lowest BCUT2D eigenvalue weighted by Gasteiger charge is -2.38. The van der Waals surface area contributed by atoms with E-state index in [-0.39, 0.29) is 5.41 Å². The second kappa shape index (κ2) is 10.2. The van der Waals surface area contributed by atoms with Crippen molar-refractivity contribution in [3.05, 3.63) is 71.3 Å². The van der Waals surface area contributed by atoms with Gasteiger partial charge in [0, 0.05) is 12.3 Å². The average Bonchev–Trinajstić information content (AvgIpc) is 2.78. The molecule has 0 aliphatic heterocycles. The normalized spacial score (nSPS) is 28.9. The van der Waals surface area contributed by atoms with Crippen LogP contribution in [0.4, 0.5) is 0 Å². The first-order valence-electron chi connectivity index (χ1n) is 12.6. The highest BCUT2D eigenvalue weighted by Gasteiger charge is 2.36. The van der Waals surface area contributed by atoms with Crippen LogP contribution < -0.4 is 0 Å². The largest absolute Gasteiger partial charge is 0.299 e. The number of carbonyl (C=O) groups is 1. The molecule has 2 saturated carbocycles. The molecule has 2 aliphatic carbocycles. The van der Waals surface area contributed by atoms with Gasteiger partial charge in [-0.2, -0.15) is 0 Å². The molecule has 166 valence electrons. The molecule has 2 aromatic rings. The highest BCUT2D eigenvalue weighted by molar-refractivity contribution is 5.81. The molecule has 0 aromatic heterocycles. The predicted molar refractivity (Wildman–Crippen MR) is 130 cm³/mol. The number of ketones is 1. The molecule has 4 rings (SSSR count). The lowest BCUT2D eigenvalue weighted by molar-refractivity contribution is -0.127. The number of hydrogen-bond acceptors (Lipinski definition) is 1.